The van der Waals surface area contributed by atoms with Crippen molar-refractivity contribution in [1.29, 1.82) is 0 Å². The lowest BCUT2D eigenvalue weighted by Crippen LogP contribution is -2.63. The highest BCUT2D eigenvalue weighted by atomic mass is 19.1. The number of ether oxygens (including phenoxy) is 2. The van der Waals surface area contributed by atoms with Crippen molar-refractivity contribution in [2.24, 2.45) is 5.92 Å². The lowest BCUT2D eigenvalue weighted by molar-refractivity contribution is -0.153. The summed E-state index contributed by atoms with van der Waals surface area (Å²) in [5.41, 5.74) is 0.0928. The first-order valence-electron chi connectivity index (χ1n) is 11.3. The van der Waals surface area contributed by atoms with Crippen LogP contribution in [0.3, 0.4) is 0 Å². The van der Waals surface area contributed by atoms with Crippen molar-refractivity contribution in [3.8, 4) is 0 Å². The van der Waals surface area contributed by atoms with Gasteiger partial charge in [-0.25, -0.2) is 13.6 Å². The molecule has 1 aromatic carbocycles. The minimum atomic E-state index is -1.33. The first-order chi connectivity index (χ1) is 16.1. The summed E-state index contributed by atoms with van der Waals surface area (Å²) in [6.45, 7) is 4.80. The van der Waals surface area contributed by atoms with Crippen LogP contribution in [0.1, 0.15) is 45.2 Å². The van der Waals surface area contributed by atoms with E-state index in [4.69, 9.17) is 9.47 Å². The molecule has 34 heavy (non-hydrogen) atoms. The molecule has 3 atom stereocenters. The summed E-state index contributed by atoms with van der Waals surface area (Å²) in [4.78, 5) is 41.8. The Kier molecular flexibility index (Phi) is 8.37. The highest BCUT2D eigenvalue weighted by molar-refractivity contribution is 5.93. The number of benzene rings is 1. The number of halogens is 2. The summed E-state index contributed by atoms with van der Waals surface area (Å²) in [5.74, 6) is -2.79. The summed E-state index contributed by atoms with van der Waals surface area (Å²) in [7, 11) is 0. The van der Waals surface area contributed by atoms with Gasteiger partial charge < -0.3 is 19.5 Å². The number of hydrogen-bond acceptors (Lipinski definition) is 6. The Morgan fingerprint density at radius 3 is 2.41 bits per heavy atom. The number of ketones is 1. The van der Waals surface area contributed by atoms with E-state index in [0.29, 0.717) is 37.9 Å². The molecule has 0 spiro atoms. The minimum Gasteiger partial charge on any atom is -0.415 e. The molecule has 1 N–H and O–H groups in total. The Balaban J connectivity index is 2.06. The maximum absolute atomic E-state index is 14.1. The first kappa shape index (κ1) is 25.8. The van der Waals surface area contributed by atoms with Crippen LogP contribution in [-0.2, 0) is 19.1 Å². The molecule has 2 amide bonds. The number of nitrogens with zero attached hydrogens (tertiary/aromatic N) is 2. The maximum atomic E-state index is 14.1. The van der Waals surface area contributed by atoms with Crippen LogP contribution in [0.5, 0.6) is 0 Å². The van der Waals surface area contributed by atoms with E-state index in [2.05, 4.69) is 0 Å². The van der Waals surface area contributed by atoms with E-state index in [0.717, 1.165) is 12.1 Å². The van der Waals surface area contributed by atoms with Gasteiger partial charge in [-0.2, -0.15) is 0 Å². The van der Waals surface area contributed by atoms with Crippen molar-refractivity contribution in [2.45, 2.75) is 51.8 Å². The number of rotatable bonds is 6. The molecule has 2 aliphatic rings. The van der Waals surface area contributed by atoms with Crippen molar-refractivity contribution in [3.05, 3.63) is 47.2 Å². The van der Waals surface area contributed by atoms with E-state index >= 15 is 0 Å². The molecule has 0 aromatic heterocycles. The smallest absolute Gasteiger partial charge is 0.415 e. The Bertz CT molecular complexity index is 941. The van der Waals surface area contributed by atoms with Gasteiger partial charge in [0.1, 0.15) is 29.5 Å². The van der Waals surface area contributed by atoms with E-state index in [1.54, 1.807) is 19.9 Å². The third-order valence-electron chi connectivity index (χ3n) is 6.28. The van der Waals surface area contributed by atoms with Gasteiger partial charge in [-0.05, 0) is 63.3 Å². The lowest BCUT2D eigenvalue weighted by atomic mass is 9.86. The van der Waals surface area contributed by atoms with Gasteiger partial charge in [0.2, 0.25) is 5.91 Å². The largest absolute Gasteiger partial charge is 0.415 e. The van der Waals surface area contributed by atoms with Crippen LogP contribution in [0.2, 0.25) is 0 Å². The van der Waals surface area contributed by atoms with Gasteiger partial charge in [0.25, 0.3) is 0 Å². The molecule has 2 heterocycles. The summed E-state index contributed by atoms with van der Waals surface area (Å²) in [6, 6.07) is 0.866. The lowest BCUT2D eigenvalue weighted by Gasteiger charge is -2.48. The van der Waals surface area contributed by atoms with Gasteiger partial charge in [-0.1, -0.05) is 0 Å². The normalized spacial score (nSPS) is 23.1. The number of aliphatic hydroxyl groups is 1. The highest BCUT2D eigenvalue weighted by Gasteiger charge is 2.48. The van der Waals surface area contributed by atoms with Crippen molar-refractivity contribution < 1.29 is 37.7 Å². The number of hydrogen-bond donors (Lipinski definition) is 1. The molecule has 3 unspecified atom stereocenters. The molecule has 2 saturated heterocycles. The molecule has 0 bridgehead atoms. The van der Waals surface area contributed by atoms with Crippen molar-refractivity contribution >= 4 is 17.8 Å². The SMILES string of the molecule is C/C=C(\C)OC(=O)N1CC(c2cc(F)cc(F)c2)N(CC(=O)C(C)O)C(=O)C1C1CCOCC1. The number of amides is 2. The van der Waals surface area contributed by atoms with Crippen LogP contribution in [0.4, 0.5) is 13.6 Å². The summed E-state index contributed by atoms with van der Waals surface area (Å²) in [5, 5.41) is 9.75. The van der Waals surface area contributed by atoms with Gasteiger partial charge in [0.05, 0.1) is 12.6 Å². The monoisotopic (exact) mass is 480 g/mol. The van der Waals surface area contributed by atoms with Crippen LogP contribution < -0.4 is 0 Å². The molecular formula is C24H30F2N2O6. The quantitative estimate of drug-likeness (QED) is 0.629. The van der Waals surface area contributed by atoms with Crippen molar-refractivity contribution in [1.82, 2.24) is 9.80 Å². The number of piperazine rings is 1. The topological polar surface area (TPSA) is 96.4 Å². The fourth-order valence-corrected chi connectivity index (χ4v) is 4.33. The third kappa shape index (κ3) is 5.79. The van der Waals surface area contributed by atoms with Gasteiger partial charge in [0.15, 0.2) is 5.78 Å². The molecule has 8 nitrogen and oxygen atoms in total. The molecule has 3 rings (SSSR count). The molecule has 2 aliphatic heterocycles. The van der Waals surface area contributed by atoms with E-state index < -0.39 is 54.2 Å². The van der Waals surface area contributed by atoms with Crippen molar-refractivity contribution in [2.75, 3.05) is 26.3 Å². The van der Waals surface area contributed by atoms with Gasteiger partial charge in [-0.15, -0.1) is 0 Å². The predicted octanol–water partition coefficient (Wildman–Crippen LogP) is 2.96. The predicted molar refractivity (Wildman–Crippen MR) is 117 cm³/mol. The maximum Gasteiger partial charge on any atom is 0.415 e. The molecule has 0 saturated carbocycles. The number of carbonyl (C=O) groups excluding carboxylic acids is 3. The first-order valence-corrected chi connectivity index (χ1v) is 11.3. The Labute approximate surface area is 197 Å². The molecule has 186 valence electrons. The highest BCUT2D eigenvalue weighted by Crippen LogP contribution is 2.35. The minimum absolute atomic E-state index is 0.0928. The van der Waals surface area contributed by atoms with E-state index in [1.165, 1.54) is 16.7 Å². The summed E-state index contributed by atoms with van der Waals surface area (Å²) in [6.07, 6.45) is 0.532. The van der Waals surface area contributed by atoms with Gasteiger partial charge in [-0.3, -0.25) is 14.5 Å². The molecule has 0 aliphatic carbocycles. The van der Waals surface area contributed by atoms with Crippen LogP contribution >= 0.6 is 0 Å². The molecule has 1 aromatic rings. The van der Waals surface area contributed by atoms with Crippen molar-refractivity contribution in [3.63, 3.8) is 0 Å². The zero-order chi connectivity index (χ0) is 25.0. The average molecular weight is 481 g/mol. The summed E-state index contributed by atoms with van der Waals surface area (Å²) < 4.78 is 38.9. The molecule has 0 radical (unpaired) electrons. The number of aliphatic hydroxyl groups excluding tert-OH is 1. The second-order valence-electron chi connectivity index (χ2n) is 8.64. The van der Waals surface area contributed by atoms with E-state index in [9.17, 15) is 28.3 Å². The van der Waals surface area contributed by atoms with Crippen LogP contribution in [0.25, 0.3) is 0 Å². The van der Waals surface area contributed by atoms with Gasteiger partial charge in [0, 0.05) is 25.8 Å². The Morgan fingerprint density at radius 2 is 1.85 bits per heavy atom. The second-order valence-corrected chi connectivity index (χ2v) is 8.64. The zero-order valence-corrected chi connectivity index (χ0v) is 19.5. The standard InChI is InChI=1S/C24H30F2N2O6/c1-4-14(2)34-24(32)28-12-20(17-9-18(25)11-19(26)10-17)27(13-21(30)15(3)29)23(31)22(28)16-5-7-33-8-6-16/h4,9-11,15-16,20,22,29H,5-8,12-13H2,1-3H3/b14-4+. The van der Waals surface area contributed by atoms with Gasteiger partial charge >= 0.3 is 6.09 Å². The van der Waals surface area contributed by atoms with Crippen LogP contribution in [-0.4, -0.2) is 71.1 Å². The number of Topliss-reactive ketones (excluding diaryl/α,β-unsaturated/α-hetero) is 1. The molecular weight excluding hydrogens is 450 g/mol. The number of carbonyl (C=O) groups is 3. The molecule has 10 heteroatoms. The fourth-order valence-electron chi connectivity index (χ4n) is 4.33. The number of allylic oxidation sites excluding steroid dienone is 2. The van der Waals surface area contributed by atoms with E-state index in [1.807, 2.05) is 0 Å². The van der Waals surface area contributed by atoms with E-state index in [-0.39, 0.29) is 18.0 Å². The third-order valence-corrected chi connectivity index (χ3v) is 6.28. The molecule has 2 fully saturated rings. The zero-order valence-electron chi connectivity index (χ0n) is 19.5. The Morgan fingerprint density at radius 1 is 1.24 bits per heavy atom. The second kappa shape index (κ2) is 11.1. The summed E-state index contributed by atoms with van der Waals surface area (Å²) >= 11 is 0. The Hall–Kier alpha value is -2.85. The average Bonchev–Trinajstić information content (AvgIpc) is 2.79. The van der Waals surface area contributed by atoms with Crippen LogP contribution in [0.15, 0.2) is 30.0 Å². The fraction of sp³-hybridized carbons (Fsp3) is 0.542. The van der Waals surface area contributed by atoms with Crippen LogP contribution in [0, 0.1) is 17.6 Å².